The Morgan fingerprint density at radius 3 is 2.37 bits per heavy atom. The number of benzene rings is 2. The third-order valence-electron chi connectivity index (χ3n) is 6.04. The predicted molar refractivity (Wildman–Crippen MR) is 147 cm³/mol. The third-order valence-corrected chi connectivity index (χ3v) is 7.71. The Kier molecular flexibility index (Phi) is 8.27. The molecule has 1 atom stereocenters. The number of ether oxygens (including phenoxy) is 5. The van der Waals surface area contributed by atoms with Gasteiger partial charge in [-0.3, -0.25) is 9.36 Å². The summed E-state index contributed by atoms with van der Waals surface area (Å²) in [4.78, 5) is 32.2. The number of hydrogen-bond acceptors (Lipinski definition) is 9. The van der Waals surface area contributed by atoms with Gasteiger partial charge in [0.15, 0.2) is 16.3 Å². The Balaban J connectivity index is 2.02. The van der Waals surface area contributed by atoms with Gasteiger partial charge in [0.2, 0.25) is 0 Å². The first-order valence-corrected chi connectivity index (χ1v) is 13.2. The molecule has 38 heavy (non-hydrogen) atoms. The summed E-state index contributed by atoms with van der Waals surface area (Å²) in [5, 5.41) is 0. The van der Waals surface area contributed by atoms with Crippen molar-refractivity contribution in [3.05, 3.63) is 76.9 Å². The minimum atomic E-state index is -0.825. The third kappa shape index (κ3) is 4.95. The van der Waals surface area contributed by atoms with Gasteiger partial charge in [0.25, 0.3) is 5.56 Å². The Bertz CT molecular complexity index is 1610. The van der Waals surface area contributed by atoms with Gasteiger partial charge in [-0.1, -0.05) is 27.3 Å². The number of carbonyl (C=O) groups excluding carboxylic acids is 1. The average Bonchev–Trinajstić information content (AvgIpc) is 3.21. The number of aromatic nitrogens is 1. The molecule has 0 amide bonds. The van der Waals surface area contributed by atoms with Gasteiger partial charge in [0.1, 0.15) is 11.5 Å². The van der Waals surface area contributed by atoms with Crippen LogP contribution in [0.25, 0.3) is 6.08 Å². The molecule has 0 radical (unpaired) electrons. The Morgan fingerprint density at radius 1 is 1.05 bits per heavy atom. The van der Waals surface area contributed by atoms with E-state index in [2.05, 4.69) is 20.9 Å². The minimum absolute atomic E-state index is 0.176. The lowest BCUT2D eigenvalue weighted by molar-refractivity contribution is -0.139. The molecule has 200 valence electrons. The molecule has 0 spiro atoms. The van der Waals surface area contributed by atoms with Gasteiger partial charge in [-0.05, 0) is 55.8 Å². The number of allylic oxidation sites excluding steroid dienone is 1. The number of thiazole rings is 1. The summed E-state index contributed by atoms with van der Waals surface area (Å²) < 4.78 is 29.7. The highest BCUT2D eigenvalue weighted by molar-refractivity contribution is 9.10. The molecule has 1 aliphatic heterocycles. The topological polar surface area (TPSA) is 97.6 Å². The molecule has 1 aliphatic rings. The Labute approximate surface area is 231 Å². The normalized spacial score (nSPS) is 15.0. The first-order chi connectivity index (χ1) is 18.3. The van der Waals surface area contributed by atoms with E-state index in [9.17, 15) is 9.59 Å². The molecule has 0 saturated carbocycles. The smallest absolute Gasteiger partial charge is 0.338 e. The maximum absolute atomic E-state index is 13.9. The number of rotatable bonds is 8. The second-order valence-corrected chi connectivity index (χ2v) is 10.0. The van der Waals surface area contributed by atoms with E-state index in [0.29, 0.717) is 53.6 Å². The van der Waals surface area contributed by atoms with Crippen molar-refractivity contribution in [2.75, 3.05) is 35.0 Å². The standard InChI is InChI=1S/C27H27BrN2O7S/c1-7-37-26(32)23-14(2)29-27-30(24(23)17-12-20(35-5)21(36-6)13-18(17)28)25(31)22(38-27)11-15-10-16(33-3)8-9-19(15)34-4/h8-13,24H,7H2,1-6H3/b22-11-/t24-/m0/s1. The van der Waals surface area contributed by atoms with Gasteiger partial charge in [0.05, 0.1) is 56.9 Å². The molecule has 2 heterocycles. The lowest BCUT2D eigenvalue weighted by Gasteiger charge is -2.26. The first kappa shape index (κ1) is 27.5. The van der Waals surface area contributed by atoms with Crippen molar-refractivity contribution in [1.29, 1.82) is 0 Å². The van der Waals surface area contributed by atoms with Crippen molar-refractivity contribution in [3.63, 3.8) is 0 Å². The first-order valence-electron chi connectivity index (χ1n) is 11.6. The molecule has 11 heteroatoms. The van der Waals surface area contributed by atoms with Gasteiger partial charge in [-0.2, -0.15) is 0 Å². The summed E-state index contributed by atoms with van der Waals surface area (Å²) in [6, 6.07) is 8.00. The van der Waals surface area contributed by atoms with Crippen molar-refractivity contribution >= 4 is 39.3 Å². The largest absolute Gasteiger partial charge is 0.497 e. The van der Waals surface area contributed by atoms with Gasteiger partial charge < -0.3 is 23.7 Å². The molecule has 0 fully saturated rings. The van der Waals surface area contributed by atoms with E-state index in [-0.39, 0.29) is 17.7 Å². The van der Waals surface area contributed by atoms with E-state index < -0.39 is 12.0 Å². The van der Waals surface area contributed by atoms with E-state index in [1.165, 1.54) is 30.1 Å². The summed E-state index contributed by atoms with van der Waals surface area (Å²) in [5.74, 6) is 1.60. The maximum Gasteiger partial charge on any atom is 0.338 e. The second kappa shape index (κ2) is 11.4. The Hall–Kier alpha value is -3.57. The highest BCUT2D eigenvalue weighted by Gasteiger charge is 2.35. The predicted octanol–water partition coefficient (Wildman–Crippen LogP) is 3.60. The maximum atomic E-state index is 13.9. The van der Waals surface area contributed by atoms with E-state index in [1.54, 1.807) is 64.5 Å². The number of halogens is 1. The van der Waals surface area contributed by atoms with Gasteiger partial charge in [0, 0.05) is 10.0 Å². The number of esters is 1. The fourth-order valence-electron chi connectivity index (χ4n) is 4.26. The molecule has 4 rings (SSSR count). The number of nitrogens with zero attached hydrogens (tertiary/aromatic N) is 2. The van der Waals surface area contributed by atoms with Crippen molar-refractivity contribution < 1.29 is 28.5 Å². The summed E-state index contributed by atoms with van der Waals surface area (Å²) in [7, 11) is 6.19. The quantitative estimate of drug-likeness (QED) is 0.363. The van der Waals surface area contributed by atoms with Crippen LogP contribution < -0.4 is 33.8 Å². The van der Waals surface area contributed by atoms with Gasteiger partial charge in [-0.25, -0.2) is 9.79 Å². The highest BCUT2D eigenvalue weighted by Crippen LogP contribution is 2.40. The van der Waals surface area contributed by atoms with Crippen LogP contribution in [0.4, 0.5) is 0 Å². The molecular formula is C27H27BrN2O7S. The van der Waals surface area contributed by atoms with Crippen LogP contribution in [-0.2, 0) is 9.53 Å². The van der Waals surface area contributed by atoms with E-state index in [0.717, 1.165) is 0 Å². The van der Waals surface area contributed by atoms with Gasteiger partial charge >= 0.3 is 5.97 Å². The zero-order valence-corrected chi connectivity index (χ0v) is 24.2. The molecule has 0 N–H and O–H groups in total. The lowest BCUT2D eigenvalue weighted by Crippen LogP contribution is -2.40. The average molecular weight is 603 g/mol. The summed E-state index contributed by atoms with van der Waals surface area (Å²) in [6.07, 6.45) is 1.73. The van der Waals surface area contributed by atoms with Crippen LogP contribution in [0, 0.1) is 0 Å². The van der Waals surface area contributed by atoms with Crippen molar-refractivity contribution in [2.45, 2.75) is 19.9 Å². The van der Waals surface area contributed by atoms with Crippen LogP contribution in [0.2, 0.25) is 0 Å². The van der Waals surface area contributed by atoms with E-state index in [4.69, 9.17) is 23.7 Å². The van der Waals surface area contributed by atoms with Crippen molar-refractivity contribution in [3.8, 4) is 23.0 Å². The van der Waals surface area contributed by atoms with Crippen molar-refractivity contribution in [1.82, 2.24) is 4.57 Å². The molecule has 0 saturated heterocycles. The molecule has 2 aromatic carbocycles. The summed E-state index contributed by atoms with van der Waals surface area (Å²) in [5.41, 5.74) is 1.69. The van der Waals surface area contributed by atoms with Crippen LogP contribution in [0.15, 0.2) is 55.9 Å². The second-order valence-electron chi connectivity index (χ2n) is 8.14. The van der Waals surface area contributed by atoms with Crippen LogP contribution in [0.1, 0.15) is 31.0 Å². The van der Waals surface area contributed by atoms with Crippen LogP contribution in [-0.4, -0.2) is 45.6 Å². The number of fused-ring (bicyclic) bond motifs is 1. The van der Waals surface area contributed by atoms with Crippen LogP contribution in [0.5, 0.6) is 23.0 Å². The molecule has 9 nitrogen and oxygen atoms in total. The molecule has 0 aliphatic carbocycles. The van der Waals surface area contributed by atoms with Crippen LogP contribution in [0.3, 0.4) is 0 Å². The minimum Gasteiger partial charge on any atom is -0.497 e. The highest BCUT2D eigenvalue weighted by atomic mass is 79.9. The summed E-state index contributed by atoms with van der Waals surface area (Å²) >= 11 is 4.82. The van der Waals surface area contributed by atoms with E-state index in [1.807, 2.05) is 0 Å². The number of carbonyl (C=O) groups is 1. The van der Waals surface area contributed by atoms with Gasteiger partial charge in [-0.15, -0.1) is 0 Å². The summed E-state index contributed by atoms with van der Waals surface area (Å²) in [6.45, 7) is 3.64. The zero-order chi connectivity index (χ0) is 27.6. The fourth-order valence-corrected chi connectivity index (χ4v) is 5.84. The molecular weight excluding hydrogens is 576 g/mol. The van der Waals surface area contributed by atoms with Crippen LogP contribution >= 0.6 is 27.3 Å². The van der Waals surface area contributed by atoms with E-state index >= 15 is 0 Å². The number of methoxy groups -OCH3 is 4. The Morgan fingerprint density at radius 2 is 1.74 bits per heavy atom. The molecule has 3 aromatic rings. The monoisotopic (exact) mass is 602 g/mol. The molecule has 1 aromatic heterocycles. The lowest BCUT2D eigenvalue weighted by atomic mass is 9.95. The SMILES string of the molecule is CCOC(=O)C1=C(C)N=c2s/c(=C\c3cc(OC)ccc3OC)c(=O)n2[C@H]1c1cc(OC)c(OC)cc1Br. The molecule has 0 bridgehead atoms. The zero-order valence-electron chi connectivity index (χ0n) is 21.8. The van der Waals surface area contributed by atoms with Crippen molar-refractivity contribution in [2.24, 2.45) is 4.99 Å². The fraction of sp³-hybridized carbons (Fsp3) is 0.296. The number of hydrogen-bond donors (Lipinski definition) is 0. The molecule has 0 unspecified atom stereocenters.